The third-order valence-electron chi connectivity index (χ3n) is 4.07. The average Bonchev–Trinajstić information content (AvgIpc) is 2.54. The van der Waals surface area contributed by atoms with E-state index in [1.165, 1.54) is 0 Å². The molecule has 3 N–H and O–H groups in total. The summed E-state index contributed by atoms with van der Waals surface area (Å²) in [5.74, 6) is -0.899. The number of benzene rings is 1. The molecule has 0 radical (unpaired) electrons. The number of carbonyl (C=O) groups is 1. The lowest BCUT2D eigenvalue weighted by atomic mass is 9.91. The Labute approximate surface area is 145 Å². The molecule has 1 saturated heterocycles. The molecule has 0 saturated carbocycles. The molecular weight excluding hydrogens is 345 g/mol. The third kappa shape index (κ3) is 5.96. The van der Waals surface area contributed by atoms with Crippen molar-refractivity contribution in [1.29, 1.82) is 0 Å². The van der Waals surface area contributed by atoms with E-state index in [1.807, 2.05) is 0 Å². The molecule has 2 rings (SSSR count). The van der Waals surface area contributed by atoms with Gasteiger partial charge in [-0.1, -0.05) is 30.3 Å². The minimum Gasteiger partial charge on any atom is -0.381 e. The van der Waals surface area contributed by atoms with Crippen LogP contribution in [-0.2, 0) is 16.0 Å². The van der Waals surface area contributed by atoms with Crippen molar-refractivity contribution in [2.24, 2.45) is 11.7 Å². The van der Waals surface area contributed by atoms with E-state index < -0.39 is 24.2 Å². The van der Waals surface area contributed by atoms with Gasteiger partial charge in [0, 0.05) is 19.6 Å². The van der Waals surface area contributed by atoms with Crippen molar-refractivity contribution in [3.63, 3.8) is 0 Å². The highest BCUT2D eigenvalue weighted by molar-refractivity contribution is 5.85. The molecule has 2 atom stereocenters. The number of nitrogens with two attached hydrogens (primary N) is 1. The zero-order chi connectivity index (χ0) is 16.9. The largest absolute Gasteiger partial charge is 0.408 e. The molecule has 1 aromatic carbocycles. The van der Waals surface area contributed by atoms with Gasteiger partial charge in [0.2, 0.25) is 5.91 Å². The molecule has 8 heteroatoms. The van der Waals surface area contributed by atoms with Crippen LogP contribution in [0.15, 0.2) is 30.3 Å². The molecule has 24 heavy (non-hydrogen) atoms. The van der Waals surface area contributed by atoms with Crippen molar-refractivity contribution in [1.82, 2.24) is 5.32 Å². The minimum atomic E-state index is -4.53. The Balaban J connectivity index is 0.00000288. The molecule has 0 spiro atoms. The summed E-state index contributed by atoms with van der Waals surface area (Å²) in [7, 11) is 0. The van der Waals surface area contributed by atoms with E-state index in [2.05, 4.69) is 5.32 Å². The van der Waals surface area contributed by atoms with E-state index >= 15 is 0 Å². The van der Waals surface area contributed by atoms with Crippen LogP contribution < -0.4 is 11.1 Å². The molecule has 1 amide bonds. The maximum atomic E-state index is 13.2. The highest BCUT2D eigenvalue weighted by atomic mass is 35.5. The predicted octanol–water partition coefficient (Wildman–Crippen LogP) is 2.45. The molecule has 0 aliphatic carbocycles. The maximum absolute atomic E-state index is 13.2. The van der Waals surface area contributed by atoms with Crippen molar-refractivity contribution in [2.45, 2.75) is 37.5 Å². The Hall–Kier alpha value is -1.31. The lowest BCUT2D eigenvalue weighted by molar-refractivity contribution is -0.162. The van der Waals surface area contributed by atoms with E-state index in [-0.39, 0.29) is 24.7 Å². The van der Waals surface area contributed by atoms with Crippen LogP contribution in [0.25, 0.3) is 0 Å². The minimum absolute atomic E-state index is 0. The van der Waals surface area contributed by atoms with Gasteiger partial charge in [-0.15, -0.1) is 12.4 Å². The first-order chi connectivity index (χ1) is 10.9. The Morgan fingerprint density at radius 1 is 1.25 bits per heavy atom. The average molecular weight is 367 g/mol. The number of rotatable bonds is 5. The fourth-order valence-corrected chi connectivity index (χ4v) is 2.66. The van der Waals surface area contributed by atoms with Crippen LogP contribution in [0.2, 0.25) is 0 Å². The third-order valence-corrected chi connectivity index (χ3v) is 4.07. The van der Waals surface area contributed by atoms with Crippen LogP contribution in [-0.4, -0.2) is 37.4 Å². The molecule has 0 bridgehead atoms. The topological polar surface area (TPSA) is 64.4 Å². The van der Waals surface area contributed by atoms with Crippen LogP contribution in [0.4, 0.5) is 13.2 Å². The van der Waals surface area contributed by atoms with Gasteiger partial charge in [0.15, 0.2) is 0 Å². The fraction of sp³-hybridized carbons (Fsp3) is 0.562. The standard InChI is InChI=1S/C16H21F3N2O2.ClH/c17-16(18,19)13(10-11-4-2-1-3-5-11)21-15(22)14(20)12-6-8-23-9-7-12;/h1-5,12-14H,6-10,20H2,(H,21,22);1H. The summed E-state index contributed by atoms with van der Waals surface area (Å²) in [5, 5.41) is 2.07. The normalized spacial score (nSPS) is 18.3. The summed E-state index contributed by atoms with van der Waals surface area (Å²) in [6.07, 6.45) is -3.66. The number of alkyl halides is 3. The van der Waals surface area contributed by atoms with Gasteiger partial charge in [-0.25, -0.2) is 0 Å². The summed E-state index contributed by atoms with van der Waals surface area (Å²) in [6, 6.07) is 5.37. The Bertz CT molecular complexity index is 508. The van der Waals surface area contributed by atoms with Crippen LogP contribution in [0.1, 0.15) is 18.4 Å². The SMILES string of the molecule is Cl.NC(C(=O)NC(Cc1ccccc1)C(F)(F)F)C1CCOCC1. The molecular formula is C16H22ClF3N2O2. The van der Waals surface area contributed by atoms with Crippen molar-refractivity contribution >= 4 is 18.3 Å². The van der Waals surface area contributed by atoms with Gasteiger partial charge in [-0.05, 0) is 24.3 Å². The first-order valence-corrected chi connectivity index (χ1v) is 7.62. The van der Waals surface area contributed by atoms with Gasteiger partial charge in [0.05, 0.1) is 6.04 Å². The molecule has 2 unspecified atom stereocenters. The van der Waals surface area contributed by atoms with Crippen molar-refractivity contribution in [3.8, 4) is 0 Å². The van der Waals surface area contributed by atoms with E-state index in [1.54, 1.807) is 30.3 Å². The second-order valence-corrected chi connectivity index (χ2v) is 5.77. The van der Waals surface area contributed by atoms with Gasteiger partial charge in [-0.2, -0.15) is 13.2 Å². The molecule has 0 aromatic heterocycles. The lowest BCUT2D eigenvalue weighted by Gasteiger charge is -2.29. The number of amides is 1. The predicted molar refractivity (Wildman–Crippen MR) is 86.9 cm³/mol. The number of carbonyl (C=O) groups excluding carboxylic acids is 1. The van der Waals surface area contributed by atoms with E-state index in [0.29, 0.717) is 31.6 Å². The quantitative estimate of drug-likeness (QED) is 0.841. The van der Waals surface area contributed by atoms with Crippen molar-refractivity contribution in [2.75, 3.05) is 13.2 Å². The smallest absolute Gasteiger partial charge is 0.381 e. The van der Waals surface area contributed by atoms with E-state index in [0.717, 1.165) is 0 Å². The summed E-state index contributed by atoms with van der Waals surface area (Å²) >= 11 is 0. The maximum Gasteiger partial charge on any atom is 0.408 e. The summed E-state index contributed by atoms with van der Waals surface area (Å²) in [4.78, 5) is 12.1. The van der Waals surface area contributed by atoms with Crippen LogP contribution in [0.3, 0.4) is 0 Å². The molecule has 1 aliphatic heterocycles. The number of nitrogens with one attached hydrogen (secondary N) is 1. The highest BCUT2D eigenvalue weighted by Gasteiger charge is 2.41. The first kappa shape index (κ1) is 20.7. The Kier molecular flexibility index (Phi) is 7.99. The molecule has 1 fully saturated rings. The number of hydrogen-bond acceptors (Lipinski definition) is 3. The van der Waals surface area contributed by atoms with Gasteiger partial charge in [-0.3, -0.25) is 4.79 Å². The lowest BCUT2D eigenvalue weighted by Crippen LogP contribution is -2.54. The van der Waals surface area contributed by atoms with E-state index in [4.69, 9.17) is 10.5 Å². The van der Waals surface area contributed by atoms with Gasteiger partial charge in [0.25, 0.3) is 0 Å². The van der Waals surface area contributed by atoms with Crippen LogP contribution in [0, 0.1) is 5.92 Å². The summed E-state index contributed by atoms with van der Waals surface area (Å²) in [6.45, 7) is 0.969. The summed E-state index contributed by atoms with van der Waals surface area (Å²) in [5.41, 5.74) is 6.35. The zero-order valence-corrected chi connectivity index (χ0v) is 13.9. The Morgan fingerprint density at radius 3 is 2.38 bits per heavy atom. The number of hydrogen-bond donors (Lipinski definition) is 2. The van der Waals surface area contributed by atoms with Crippen molar-refractivity contribution < 1.29 is 22.7 Å². The zero-order valence-electron chi connectivity index (χ0n) is 13.1. The van der Waals surface area contributed by atoms with Gasteiger partial charge < -0.3 is 15.8 Å². The fourth-order valence-electron chi connectivity index (χ4n) is 2.66. The molecule has 1 aromatic rings. The summed E-state index contributed by atoms with van der Waals surface area (Å²) < 4.78 is 44.8. The van der Waals surface area contributed by atoms with Gasteiger partial charge in [0.1, 0.15) is 6.04 Å². The number of halogens is 4. The molecule has 1 aliphatic rings. The van der Waals surface area contributed by atoms with Gasteiger partial charge >= 0.3 is 6.18 Å². The molecule has 4 nitrogen and oxygen atoms in total. The number of ether oxygens (including phenoxy) is 1. The highest BCUT2D eigenvalue weighted by Crippen LogP contribution is 2.24. The van der Waals surface area contributed by atoms with Crippen LogP contribution in [0.5, 0.6) is 0 Å². The molecule has 136 valence electrons. The first-order valence-electron chi connectivity index (χ1n) is 7.62. The van der Waals surface area contributed by atoms with Crippen molar-refractivity contribution in [3.05, 3.63) is 35.9 Å². The second-order valence-electron chi connectivity index (χ2n) is 5.77. The second kappa shape index (κ2) is 9.25. The van der Waals surface area contributed by atoms with E-state index in [9.17, 15) is 18.0 Å². The molecule has 1 heterocycles. The Morgan fingerprint density at radius 2 is 1.83 bits per heavy atom. The monoisotopic (exact) mass is 366 g/mol. The van der Waals surface area contributed by atoms with Crippen LogP contribution >= 0.6 is 12.4 Å².